The molecule has 2 heterocycles. The molecule has 184 valence electrons. The number of carboxylic acids is 1. The summed E-state index contributed by atoms with van der Waals surface area (Å²) in [5, 5.41) is 22.7. The number of fused-ring (bicyclic) bond motifs is 1. The van der Waals surface area contributed by atoms with Crippen LogP contribution in [0.3, 0.4) is 0 Å². The summed E-state index contributed by atoms with van der Waals surface area (Å²) in [6.45, 7) is 8.49. The number of aromatic carboxylic acids is 1. The molecule has 8 heteroatoms. The van der Waals surface area contributed by atoms with Gasteiger partial charge in [0.1, 0.15) is 5.60 Å². The van der Waals surface area contributed by atoms with Crippen LogP contribution in [-0.4, -0.2) is 47.4 Å². The lowest BCUT2D eigenvalue weighted by molar-refractivity contribution is 0.0241. The molecular formula is C27H31N3O5. The van der Waals surface area contributed by atoms with Crippen molar-refractivity contribution < 1.29 is 24.2 Å². The summed E-state index contributed by atoms with van der Waals surface area (Å²) in [5.74, 6) is -0.600. The van der Waals surface area contributed by atoms with Gasteiger partial charge in [-0.05, 0) is 86.1 Å². The van der Waals surface area contributed by atoms with Crippen molar-refractivity contribution in [1.82, 2.24) is 4.90 Å². The van der Waals surface area contributed by atoms with E-state index in [1.165, 1.54) is 6.07 Å². The van der Waals surface area contributed by atoms with E-state index in [4.69, 9.17) is 9.47 Å². The van der Waals surface area contributed by atoms with Crippen LogP contribution in [0.5, 0.6) is 0 Å². The maximum Gasteiger partial charge on any atom is 0.410 e. The number of nitrogens with one attached hydrogen (secondary N) is 1. The van der Waals surface area contributed by atoms with Crippen molar-refractivity contribution in [3.8, 4) is 17.2 Å². The minimum Gasteiger partial charge on any atom is -0.478 e. The third kappa shape index (κ3) is 5.75. The summed E-state index contributed by atoms with van der Waals surface area (Å²) in [6.07, 6.45) is 1.58. The number of carbonyl (C=O) groups is 2. The van der Waals surface area contributed by atoms with E-state index < -0.39 is 17.7 Å². The van der Waals surface area contributed by atoms with Crippen molar-refractivity contribution >= 4 is 17.7 Å². The quantitative estimate of drug-likeness (QED) is 0.622. The lowest BCUT2D eigenvalue weighted by atomic mass is 9.91. The van der Waals surface area contributed by atoms with Gasteiger partial charge in [0, 0.05) is 32.0 Å². The maximum absolute atomic E-state index is 12.8. The van der Waals surface area contributed by atoms with Crippen LogP contribution in [-0.2, 0) is 22.6 Å². The van der Waals surface area contributed by atoms with Crippen molar-refractivity contribution in [1.29, 1.82) is 5.26 Å². The third-order valence-electron chi connectivity index (χ3n) is 6.31. The van der Waals surface area contributed by atoms with Crippen molar-refractivity contribution in [3.05, 3.63) is 52.6 Å². The van der Waals surface area contributed by atoms with Gasteiger partial charge in [0.2, 0.25) is 0 Å². The fourth-order valence-electron chi connectivity index (χ4n) is 4.55. The van der Waals surface area contributed by atoms with Crippen LogP contribution < -0.4 is 5.32 Å². The Morgan fingerprint density at radius 1 is 1.17 bits per heavy atom. The number of nitrogens with zero attached hydrogens (tertiary/aromatic N) is 2. The molecule has 1 fully saturated rings. The Bertz CT molecular complexity index is 1170. The van der Waals surface area contributed by atoms with Gasteiger partial charge in [0.15, 0.2) is 0 Å². The molecule has 8 nitrogen and oxygen atoms in total. The summed E-state index contributed by atoms with van der Waals surface area (Å²) in [6, 6.07) is 10.7. The van der Waals surface area contributed by atoms with Gasteiger partial charge in [0.25, 0.3) is 0 Å². The van der Waals surface area contributed by atoms with Crippen LogP contribution in [0.4, 0.5) is 10.5 Å². The summed E-state index contributed by atoms with van der Waals surface area (Å²) in [7, 11) is 0. The normalized spacial score (nSPS) is 15.9. The largest absolute Gasteiger partial charge is 0.478 e. The Kier molecular flexibility index (Phi) is 6.99. The average Bonchev–Trinajstić information content (AvgIpc) is 3.26. The summed E-state index contributed by atoms with van der Waals surface area (Å²) in [5.41, 5.74) is 3.70. The van der Waals surface area contributed by atoms with Crippen molar-refractivity contribution in [2.24, 2.45) is 5.92 Å². The molecule has 0 saturated carbocycles. The molecule has 1 saturated heterocycles. The number of carboxylic acid groups (broad SMARTS) is 1. The first-order valence-electron chi connectivity index (χ1n) is 11.9. The Hall–Kier alpha value is -3.57. The van der Waals surface area contributed by atoms with Gasteiger partial charge in [-0.2, -0.15) is 5.26 Å². The SMILES string of the molecule is CC(C)(C)OC(=O)N1Cc2cc(NCC3CCOCC3)cc(-c3ccc(C#N)cc3C(=O)O)c2C1. The van der Waals surface area contributed by atoms with E-state index in [0.29, 0.717) is 24.6 Å². The summed E-state index contributed by atoms with van der Waals surface area (Å²) in [4.78, 5) is 26.5. The van der Waals surface area contributed by atoms with E-state index in [1.807, 2.05) is 39.0 Å². The maximum atomic E-state index is 12.8. The van der Waals surface area contributed by atoms with Gasteiger partial charge < -0.3 is 19.9 Å². The van der Waals surface area contributed by atoms with Crippen LogP contribution in [0, 0.1) is 17.2 Å². The molecule has 2 aliphatic rings. The number of carbonyl (C=O) groups excluding carboxylic acids is 1. The topological polar surface area (TPSA) is 112 Å². The number of nitriles is 1. The molecule has 0 radical (unpaired) electrons. The van der Waals surface area contributed by atoms with Gasteiger partial charge in [-0.1, -0.05) is 6.07 Å². The van der Waals surface area contributed by atoms with Crippen LogP contribution in [0.25, 0.3) is 11.1 Å². The Balaban J connectivity index is 1.71. The van der Waals surface area contributed by atoms with Crippen LogP contribution in [0.1, 0.15) is 60.7 Å². The molecule has 0 unspecified atom stereocenters. The molecule has 2 aromatic carbocycles. The first-order valence-corrected chi connectivity index (χ1v) is 11.9. The Morgan fingerprint density at radius 2 is 1.91 bits per heavy atom. The average molecular weight is 478 g/mol. The minimum absolute atomic E-state index is 0.0588. The first-order chi connectivity index (χ1) is 16.6. The van der Waals surface area contributed by atoms with Gasteiger partial charge >= 0.3 is 12.1 Å². The molecule has 0 aliphatic carbocycles. The second kappa shape index (κ2) is 9.96. The van der Waals surface area contributed by atoms with E-state index in [-0.39, 0.29) is 11.1 Å². The number of ether oxygens (including phenoxy) is 2. The molecule has 4 rings (SSSR count). The number of anilines is 1. The molecule has 0 spiro atoms. The van der Waals surface area contributed by atoms with Gasteiger partial charge in [-0.25, -0.2) is 9.59 Å². The number of hydrogen-bond acceptors (Lipinski definition) is 6. The zero-order valence-electron chi connectivity index (χ0n) is 20.4. The van der Waals surface area contributed by atoms with E-state index in [0.717, 1.165) is 55.0 Å². The summed E-state index contributed by atoms with van der Waals surface area (Å²) >= 11 is 0. The predicted octanol–water partition coefficient (Wildman–Crippen LogP) is 5.01. The predicted molar refractivity (Wildman–Crippen MR) is 131 cm³/mol. The molecule has 0 aromatic heterocycles. The Morgan fingerprint density at radius 3 is 2.57 bits per heavy atom. The number of amides is 1. The standard InChI is InChI=1S/C27H31N3O5/c1-27(2,3)35-26(33)30-15-19-11-20(29-14-17-6-8-34-9-7-17)12-22(24(19)16-30)21-5-4-18(13-28)10-23(21)25(31)32/h4-5,10-12,17,29H,6-9,14-16H2,1-3H3,(H,31,32). The highest BCUT2D eigenvalue weighted by molar-refractivity contribution is 5.97. The highest BCUT2D eigenvalue weighted by Gasteiger charge is 2.31. The number of rotatable bonds is 5. The van der Waals surface area contributed by atoms with Crippen molar-refractivity contribution in [2.45, 2.75) is 52.3 Å². The van der Waals surface area contributed by atoms with Crippen LogP contribution >= 0.6 is 0 Å². The fourth-order valence-corrected chi connectivity index (χ4v) is 4.55. The molecule has 0 bridgehead atoms. The van der Waals surface area contributed by atoms with E-state index in [1.54, 1.807) is 17.0 Å². The molecule has 2 aliphatic heterocycles. The van der Waals surface area contributed by atoms with Gasteiger partial charge in [-0.15, -0.1) is 0 Å². The molecular weight excluding hydrogens is 446 g/mol. The lowest BCUT2D eigenvalue weighted by Crippen LogP contribution is -2.33. The molecule has 0 atom stereocenters. The van der Waals surface area contributed by atoms with Crippen molar-refractivity contribution in [2.75, 3.05) is 25.1 Å². The van der Waals surface area contributed by atoms with Crippen LogP contribution in [0.2, 0.25) is 0 Å². The second-order valence-electron chi connectivity index (χ2n) is 10.1. The summed E-state index contributed by atoms with van der Waals surface area (Å²) < 4.78 is 11.0. The lowest BCUT2D eigenvalue weighted by Gasteiger charge is -2.24. The number of hydrogen-bond donors (Lipinski definition) is 2. The van der Waals surface area contributed by atoms with E-state index >= 15 is 0 Å². The highest BCUT2D eigenvalue weighted by Crippen LogP contribution is 2.38. The second-order valence-corrected chi connectivity index (χ2v) is 10.1. The molecule has 1 amide bonds. The molecule has 2 aromatic rings. The zero-order valence-corrected chi connectivity index (χ0v) is 20.4. The molecule has 35 heavy (non-hydrogen) atoms. The minimum atomic E-state index is -1.10. The fraction of sp³-hybridized carbons (Fsp3) is 0.444. The number of benzene rings is 2. The highest BCUT2D eigenvalue weighted by atomic mass is 16.6. The third-order valence-corrected chi connectivity index (χ3v) is 6.31. The first kappa shape index (κ1) is 24.6. The zero-order chi connectivity index (χ0) is 25.2. The molecule has 2 N–H and O–H groups in total. The van der Waals surface area contributed by atoms with Gasteiger partial charge in [0.05, 0.1) is 23.7 Å². The monoisotopic (exact) mass is 477 g/mol. The van der Waals surface area contributed by atoms with E-state index in [2.05, 4.69) is 5.32 Å². The Labute approximate surface area is 205 Å². The van der Waals surface area contributed by atoms with Crippen LogP contribution in [0.15, 0.2) is 30.3 Å². The van der Waals surface area contributed by atoms with E-state index in [9.17, 15) is 20.0 Å². The smallest absolute Gasteiger partial charge is 0.410 e. The van der Waals surface area contributed by atoms with Crippen molar-refractivity contribution in [3.63, 3.8) is 0 Å². The van der Waals surface area contributed by atoms with Gasteiger partial charge in [-0.3, -0.25) is 4.90 Å².